The molecule has 138 valence electrons. The fourth-order valence-electron chi connectivity index (χ4n) is 3.05. The molecule has 0 spiro atoms. The van der Waals surface area contributed by atoms with Gasteiger partial charge in [0.1, 0.15) is 0 Å². The number of likely N-dealkylation sites (N-methyl/N-ethyl adjacent to an activating group) is 1. The lowest BCUT2D eigenvalue weighted by Crippen LogP contribution is -2.42. The first-order valence-electron chi connectivity index (χ1n) is 8.64. The van der Waals surface area contributed by atoms with Gasteiger partial charge in [0.2, 0.25) is 0 Å². The van der Waals surface area contributed by atoms with E-state index >= 15 is 0 Å². The van der Waals surface area contributed by atoms with Gasteiger partial charge in [-0.1, -0.05) is 12.2 Å². The Balaban J connectivity index is 1.66. The number of hydrogen-bond donors (Lipinski definition) is 1. The minimum Gasteiger partial charge on any atom is -0.498 e. The molecule has 1 amide bonds. The molecule has 2 heterocycles. The van der Waals surface area contributed by atoms with Gasteiger partial charge in [-0.25, -0.2) is 4.79 Å². The number of carbonyl (C=O) groups excluding carboxylic acids is 2. The molecule has 2 saturated heterocycles. The van der Waals surface area contributed by atoms with Crippen LogP contribution in [-0.2, 0) is 18.9 Å². The summed E-state index contributed by atoms with van der Waals surface area (Å²) in [5.41, 5.74) is 0. The van der Waals surface area contributed by atoms with Gasteiger partial charge in [0.25, 0.3) is 0 Å². The number of amides is 1. The van der Waals surface area contributed by atoms with Gasteiger partial charge >= 0.3 is 25.2 Å². The zero-order valence-corrected chi connectivity index (χ0v) is 14.6. The Morgan fingerprint density at radius 2 is 1.80 bits per heavy atom. The molecule has 0 saturated carbocycles. The van der Waals surface area contributed by atoms with Crippen LogP contribution >= 0.6 is 0 Å². The Kier molecular flexibility index (Phi) is 7.30. The normalized spacial score (nSPS) is 21.0. The molecule has 0 aromatic heterocycles. The number of carbonyl (C=O) groups is 3. The largest absolute Gasteiger partial charge is 0.602 e. The summed E-state index contributed by atoms with van der Waals surface area (Å²) in [5, 5.41) is 8.92. The zero-order valence-electron chi connectivity index (χ0n) is 14.6. The van der Waals surface area contributed by atoms with Gasteiger partial charge in [-0.3, -0.25) is 14.5 Å². The molecule has 0 bridgehead atoms. The molecule has 9 heteroatoms. The van der Waals surface area contributed by atoms with Crippen molar-refractivity contribution in [1.82, 2.24) is 9.80 Å². The van der Waals surface area contributed by atoms with Crippen molar-refractivity contribution in [3.05, 3.63) is 12.2 Å². The summed E-state index contributed by atoms with van der Waals surface area (Å²) < 4.78 is 10.3. The first kappa shape index (κ1) is 19.3. The molecule has 0 radical (unpaired) electrons. The van der Waals surface area contributed by atoms with Gasteiger partial charge in [-0.05, 0) is 38.6 Å². The van der Waals surface area contributed by atoms with Crippen LogP contribution in [0, 0.1) is 5.92 Å². The first-order chi connectivity index (χ1) is 11.9. The number of allylic oxidation sites excluding steroid dienone is 2. The molecule has 8 nitrogen and oxygen atoms in total. The molecule has 25 heavy (non-hydrogen) atoms. The molecule has 2 aliphatic rings. The Hall–Kier alpha value is -2.03. The Morgan fingerprint density at radius 1 is 1.20 bits per heavy atom. The zero-order chi connectivity index (χ0) is 18.2. The number of nitrogens with zero attached hydrogens (tertiary/aromatic N) is 2. The van der Waals surface area contributed by atoms with Crippen LogP contribution in [0.15, 0.2) is 12.2 Å². The van der Waals surface area contributed by atoms with Crippen molar-refractivity contribution in [2.45, 2.75) is 32.0 Å². The molecular formula is C16H25BN2O6. The van der Waals surface area contributed by atoms with Crippen LogP contribution in [0.3, 0.4) is 0 Å². The van der Waals surface area contributed by atoms with E-state index in [0.717, 1.165) is 25.7 Å². The van der Waals surface area contributed by atoms with Gasteiger partial charge < -0.3 is 19.3 Å². The summed E-state index contributed by atoms with van der Waals surface area (Å²) in [6, 6.07) is 0. The Labute approximate surface area is 147 Å². The van der Waals surface area contributed by atoms with E-state index in [2.05, 4.69) is 0 Å². The van der Waals surface area contributed by atoms with Gasteiger partial charge in [0.15, 0.2) is 0 Å². The van der Waals surface area contributed by atoms with Gasteiger partial charge in [-0.15, -0.1) is 0 Å². The maximum absolute atomic E-state index is 11.6. The molecule has 0 unspecified atom stereocenters. The van der Waals surface area contributed by atoms with Crippen molar-refractivity contribution in [2.75, 3.05) is 33.2 Å². The fourth-order valence-corrected chi connectivity index (χ4v) is 3.05. The third-order valence-corrected chi connectivity index (χ3v) is 4.45. The maximum atomic E-state index is 11.6. The monoisotopic (exact) mass is 352 g/mol. The van der Waals surface area contributed by atoms with Crippen LogP contribution < -0.4 is 0 Å². The van der Waals surface area contributed by atoms with E-state index < -0.39 is 25.2 Å². The molecule has 0 aromatic carbocycles. The molecule has 0 aromatic rings. The summed E-state index contributed by atoms with van der Waals surface area (Å²) in [6.45, 7) is 1.35. The fraction of sp³-hybridized carbons (Fsp3) is 0.688. The molecule has 0 atom stereocenters. The number of piperidine rings is 1. The molecule has 2 fully saturated rings. The van der Waals surface area contributed by atoms with Crippen LogP contribution in [0.1, 0.15) is 25.7 Å². The standard InChI is InChI=1S/C16H25BN2O6/c1-18-11-14(20)24-17(25-15(21)12-18)8-4-2-3-5-13-6-9-19(10-7-13)16(22)23/h2,4,13H,3,5-12H2,1H3,(H,22,23). The topological polar surface area (TPSA) is 96.4 Å². The highest BCUT2D eigenvalue weighted by Gasteiger charge is 2.30. The molecule has 1 N–H and O–H groups in total. The van der Waals surface area contributed by atoms with E-state index in [4.69, 9.17) is 14.4 Å². The van der Waals surface area contributed by atoms with Crippen LogP contribution in [0.25, 0.3) is 0 Å². The average molecular weight is 352 g/mol. The number of carboxylic acid groups (broad SMARTS) is 1. The van der Waals surface area contributed by atoms with E-state index in [0.29, 0.717) is 25.3 Å². The third kappa shape index (κ3) is 6.77. The molecular weight excluding hydrogens is 327 g/mol. The Bertz CT molecular complexity index is 499. The summed E-state index contributed by atoms with van der Waals surface area (Å²) in [7, 11) is 0.799. The van der Waals surface area contributed by atoms with Crippen LogP contribution in [0.4, 0.5) is 4.79 Å². The van der Waals surface area contributed by atoms with E-state index in [1.54, 1.807) is 11.9 Å². The van der Waals surface area contributed by atoms with Gasteiger partial charge in [-0.2, -0.15) is 0 Å². The predicted octanol–water partition coefficient (Wildman–Crippen LogP) is 1.23. The summed E-state index contributed by atoms with van der Waals surface area (Å²) in [4.78, 5) is 37.1. The molecule has 0 aliphatic carbocycles. The van der Waals surface area contributed by atoms with Crippen molar-refractivity contribution in [3.8, 4) is 0 Å². The van der Waals surface area contributed by atoms with E-state index in [-0.39, 0.29) is 13.1 Å². The van der Waals surface area contributed by atoms with Crippen LogP contribution in [-0.4, -0.2) is 73.3 Å². The highest BCUT2D eigenvalue weighted by Crippen LogP contribution is 2.22. The second kappa shape index (κ2) is 9.46. The van der Waals surface area contributed by atoms with Crippen molar-refractivity contribution in [2.24, 2.45) is 5.92 Å². The number of likely N-dealkylation sites (tertiary alicyclic amines) is 1. The van der Waals surface area contributed by atoms with Crippen molar-refractivity contribution in [3.63, 3.8) is 0 Å². The van der Waals surface area contributed by atoms with Crippen LogP contribution in [0.5, 0.6) is 0 Å². The van der Waals surface area contributed by atoms with Crippen molar-refractivity contribution in [1.29, 1.82) is 0 Å². The van der Waals surface area contributed by atoms with Crippen LogP contribution in [0.2, 0.25) is 6.32 Å². The van der Waals surface area contributed by atoms with Gasteiger partial charge in [0, 0.05) is 19.4 Å². The summed E-state index contributed by atoms with van der Waals surface area (Å²) in [6.07, 6.45) is 7.02. The molecule has 2 aliphatic heterocycles. The van der Waals surface area contributed by atoms with Crippen molar-refractivity contribution >= 4 is 25.2 Å². The quantitative estimate of drug-likeness (QED) is 0.587. The maximum Gasteiger partial charge on any atom is 0.602 e. The lowest BCUT2D eigenvalue weighted by molar-refractivity contribution is -0.145. The van der Waals surface area contributed by atoms with E-state index in [9.17, 15) is 14.4 Å². The highest BCUT2D eigenvalue weighted by molar-refractivity contribution is 6.49. The molecule has 2 rings (SSSR count). The third-order valence-electron chi connectivity index (χ3n) is 4.45. The first-order valence-corrected chi connectivity index (χ1v) is 8.64. The Morgan fingerprint density at radius 3 is 2.36 bits per heavy atom. The van der Waals surface area contributed by atoms with E-state index in [1.165, 1.54) is 4.90 Å². The summed E-state index contributed by atoms with van der Waals surface area (Å²) >= 11 is 0. The second-order valence-electron chi connectivity index (χ2n) is 6.58. The lowest BCUT2D eigenvalue weighted by Gasteiger charge is -2.29. The second-order valence-corrected chi connectivity index (χ2v) is 6.58. The minimum atomic E-state index is -0.858. The van der Waals surface area contributed by atoms with Crippen molar-refractivity contribution < 1.29 is 28.8 Å². The predicted molar refractivity (Wildman–Crippen MR) is 90.9 cm³/mol. The number of rotatable bonds is 5. The summed E-state index contributed by atoms with van der Waals surface area (Å²) in [5.74, 6) is -0.273. The SMILES string of the molecule is CN1CC(=O)OB(CC=CCCC2CCN(C(=O)O)CC2)OC(=O)C1. The van der Waals surface area contributed by atoms with Gasteiger partial charge in [0.05, 0.1) is 13.1 Å². The highest BCUT2D eigenvalue weighted by atomic mass is 16.6. The average Bonchev–Trinajstić information content (AvgIpc) is 2.53. The minimum absolute atomic E-state index is 0.0738. The lowest BCUT2D eigenvalue weighted by atomic mass is 9.83. The smallest absolute Gasteiger partial charge is 0.498 e. The van der Waals surface area contributed by atoms with E-state index in [1.807, 2.05) is 12.2 Å². The number of hydrogen-bond acceptors (Lipinski definition) is 6.